The molecule has 0 aromatic carbocycles. The second kappa shape index (κ2) is 5.19. The Bertz CT molecular complexity index is 691. The van der Waals surface area contributed by atoms with Crippen LogP contribution in [0.4, 0.5) is 5.82 Å². The molecule has 22 heavy (non-hydrogen) atoms. The third-order valence-corrected chi connectivity index (χ3v) is 4.99. The third-order valence-electron chi connectivity index (χ3n) is 4.99. The molecule has 118 valence electrons. The van der Waals surface area contributed by atoms with Crippen molar-refractivity contribution in [2.45, 2.75) is 38.6 Å². The second-order valence-corrected chi connectivity index (χ2v) is 6.84. The molecule has 0 bridgehead atoms. The van der Waals surface area contributed by atoms with E-state index in [9.17, 15) is 0 Å². The maximum Gasteiger partial charge on any atom is 0.163 e. The van der Waals surface area contributed by atoms with Crippen LogP contribution in [0.3, 0.4) is 0 Å². The first-order chi connectivity index (χ1) is 10.6. The first-order valence-corrected chi connectivity index (χ1v) is 8.32. The third kappa shape index (κ3) is 2.17. The van der Waals surface area contributed by atoms with Crippen LogP contribution in [0.25, 0.3) is 11.0 Å². The van der Waals surface area contributed by atoms with E-state index in [1.807, 2.05) is 17.9 Å². The summed E-state index contributed by atoms with van der Waals surface area (Å²) in [5.41, 5.74) is 0.947. The lowest BCUT2D eigenvalue weighted by Gasteiger charge is -2.38. The van der Waals surface area contributed by atoms with Crippen molar-refractivity contribution in [2.75, 3.05) is 31.1 Å². The number of anilines is 1. The van der Waals surface area contributed by atoms with Gasteiger partial charge in [-0.2, -0.15) is 5.10 Å². The summed E-state index contributed by atoms with van der Waals surface area (Å²) >= 11 is 0. The number of piperazine rings is 1. The van der Waals surface area contributed by atoms with E-state index < -0.39 is 0 Å². The fraction of sp³-hybridized carbons (Fsp3) is 0.688. The van der Waals surface area contributed by atoms with Crippen molar-refractivity contribution in [1.82, 2.24) is 24.6 Å². The van der Waals surface area contributed by atoms with Crippen molar-refractivity contribution in [2.24, 2.45) is 7.05 Å². The molecule has 2 fully saturated rings. The lowest BCUT2D eigenvalue weighted by Crippen LogP contribution is -2.50. The molecule has 0 spiro atoms. The molecule has 6 heteroatoms. The zero-order valence-corrected chi connectivity index (χ0v) is 13.7. The molecular formula is C16H24N6. The summed E-state index contributed by atoms with van der Waals surface area (Å²) in [6.07, 6.45) is 4.56. The maximum atomic E-state index is 4.89. The fourth-order valence-corrected chi connectivity index (χ4v) is 3.71. The van der Waals surface area contributed by atoms with Gasteiger partial charge < -0.3 is 4.90 Å². The molecule has 0 N–H and O–H groups in total. The van der Waals surface area contributed by atoms with Crippen LogP contribution < -0.4 is 4.90 Å². The zero-order chi connectivity index (χ0) is 15.3. The standard InChI is InChI=1S/C16H24N6/c1-11(2)14-18-15-13(9-17-20(15)3)16(19-14)22-8-7-21-6-4-5-12(21)10-22/h9,11-12H,4-8,10H2,1-3H3/t12-/m0/s1. The largest absolute Gasteiger partial charge is 0.353 e. The van der Waals surface area contributed by atoms with E-state index in [-0.39, 0.29) is 0 Å². The SMILES string of the molecule is CC(C)c1nc(N2CCN3CCC[C@H]3C2)c2cnn(C)c2n1. The minimum atomic E-state index is 0.325. The first-order valence-electron chi connectivity index (χ1n) is 8.32. The molecule has 2 saturated heterocycles. The Kier molecular flexibility index (Phi) is 3.29. The molecular weight excluding hydrogens is 276 g/mol. The molecule has 0 amide bonds. The van der Waals surface area contributed by atoms with Gasteiger partial charge in [0.1, 0.15) is 11.6 Å². The van der Waals surface area contributed by atoms with E-state index in [2.05, 4.69) is 28.7 Å². The predicted octanol–water partition coefficient (Wildman–Crippen LogP) is 1.77. The molecule has 4 heterocycles. The van der Waals surface area contributed by atoms with Crippen LogP contribution in [-0.4, -0.2) is 56.9 Å². The lowest BCUT2D eigenvalue weighted by atomic mass is 10.1. The first kappa shape index (κ1) is 13.9. The summed E-state index contributed by atoms with van der Waals surface area (Å²) in [6, 6.07) is 0.693. The van der Waals surface area contributed by atoms with Crippen molar-refractivity contribution in [3.8, 4) is 0 Å². The highest BCUT2D eigenvalue weighted by Crippen LogP contribution is 2.29. The van der Waals surface area contributed by atoms with Gasteiger partial charge in [0.05, 0.1) is 11.6 Å². The van der Waals surface area contributed by atoms with Crippen LogP contribution in [0.2, 0.25) is 0 Å². The van der Waals surface area contributed by atoms with Gasteiger partial charge in [-0.15, -0.1) is 0 Å². The normalized spacial score (nSPS) is 22.7. The number of nitrogens with zero attached hydrogens (tertiary/aromatic N) is 6. The van der Waals surface area contributed by atoms with Crippen molar-refractivity contribution < 1.29 is 0 Å². The number of hydrogen-bond donors (Lipinski definition) is 0. The van der Waals surface area contributed by atoms with E-state index in [4.69, 9.17) is 9.97 Å². The molecule has 6 nitrogen and oxygen atoms in total. The van der Waals surface area contributed by atoms with Gasteiger partial charge in [0, 0.05) is 38.6 Å². The van der Waals surface area contributed by atoms with Gasteiger partial charge in [-0.25, -0.2) is 9.97 Å². The van der Waals surface area contributed by atoms with E-state index >= 15 is 0 Å². The summed E-state index contributed by atoms with van der Waals surface area (Å²) in [5.74, 6) is 2.32. The van der Waals surface area contributed by atoms with Crippen LogP contribution in [0.1, 0.15) is 38.4 Å². The molecule has 1 atom stereocenters. The van der Waals surface area contributed by atoms with E-state index in [1.54, 1.807) is 0 Å². The lowest BCUT2D eigenvalue weighted by molar-refractivity contribution is 0.230. The Labute approximate surface area is 131 Å². The van der Waals surface area contributed by atoms with Crippen LogP contribution >= 0.6 is 0 Å². The quantitative estimate of drug-likeness (QED) is 0.846. The number of aryl methyl sites for hydroxylation is 1. The van der Waals surface area contributed by atoms with Crippen LogP contribution in [0, 0.1) is 0 Å². The summed E-state index contributed by atoms with van der Waals surface area (Å²) < 4.78 is 1.86. The zero-order valence-electron chi connectivity index (χ0n) is 13.7. The van der Waals surface area contributed by atoms with Gasteiger partial charge in [0.2, 0.25) is 0 Å². The number of rotatable bonds is 2. The van der Waals surface area contributed by atoms with E-state index in [1.165, 1.54) is 19.4 Å². The van der Waals surface area contributed by atoms with Gasteiger partial charge in [-0.1, -0.05) is 13.8 Å². The molecule has 0 aliphatic carbocycles. The van der Waals surface area contributed by atoms with Gasteiger partial charge in [0.25, 0.3) is 0 Å². The van der Waals surface area contributed by atoms with Gasteiger partial charge in [-0.05, 0) is 19.4 Å². The number of aromatic nitrogens is 4. The van der Waals surface area contributed by atoms with Gasteiger partial charge in [0.15, 0.2) is 5.65 Å². The Hall–Kier alpha value is -1.69. The van der Waals surface area contributed by atoms with Crippen molar-refractivity contribution in [3.63, 3.8) is 0 Å². The molecule has 0 unspecified atom stereocenters. The molecule has 4 rings (SSSR count). The average molecular weight is 300 g/mol. The molecule has 2 aliphatic heterocycles. The topological polar surface area (TPSA) is 50.1 Å². The summed E-state index contributed by atoms with van der Waals surface area (Å²) in [6.45, 7) is 8.84. The Morgan fingerprint density at radius 2 is 2.05 bits per heavy atom. The minimum Gasteiger partial charge on any atom is -0.353 e. The monoisotopic (exact) mass is 300 g/mol. The highest BCUT2D eigenvalue weighted by molar-refractivity contribution is 5.87. The number of fused-ring (bicyclic) bond motifs is 2. The summed E-state index contributed by atoms with van der Waals surface area (Å²) in [4.78, 5) is 14.7. The predicted molar refractivity (Wildman–Crippen MR) is 87.2 cm³/mol. The Morgan fingerprint density at radius 1 is 1.18 bits per heavy atom. The fourth-order valence-electron chi connectivity index (χ4n) is 3.71. The molecule has 2 aliphatic rings. The van der Waals surface area contributed by atoms with Crippen molar-refractivity contribution in [1.29, 1.82) is 0 Å². The van der Waals surface area contributed by atoms with Gasteiger partial charge in [-0.3, -0.25) is 9.58 Å². The minimum absolute atomic E-state index is 0.325. The molecule has 0 radical (unpaired) electrons. The van der Waals surface area contributed by atoms with E-state index in [0.717, 1.165) is 42.3 Å². The van der Waals surface area contributed by atoms with Crippen LogP contribution in [0.5, 0.6) is 0 Å². The van der Waals surface area contributed by atoms with Crippen molar-refractivity contribution in [3.05, 3.63) is 12.0 Å². The highest BCUT2D eigenvalue weighted by atomic mass is 15.3. The average Bonchev–Trinajstić information content (AvgIpc) is 3.12. The molecule has 2 aromatic rings. The van der Waals surface area contributed by atoms with Crippen LogP contribution in [0.15, 0.2) is 6.20 Å². The smallest absolute Gasteiger partial charge is 0.163 e. The number of hydrogen-bond acceptors (Lipinski definition) is 5. The molecule has 2 aromatic heterocycles. The van der Waals surface area contributed by atoms with Crippen LogP contribution in [-0.2, 0) is 7.05 Å². The van der Waals surface area contributed by atoms with Crippen molar-refractivity contribution >= 4 is 16.9 Å². The highest BCUT2D eigenvalue weighted by Gasteiger charge is 2.32. The van der Waals surface area contributed by atoms with E-state index in [0.29, 0.717) is 12.0 Å². The summed E-state index contributed by atoms with van der Waals surface area (Å²) in [7, 11) is 1.96. The summed E-state index contributed by atoms with van der Waals surface area (Å²) in [5, 5.41) is 5.48. The molecule has 0 saturated carbocycles. The Morgan fingerprint density at radius 3 is 2.86 bits per heavy atom. The second-order valence-electron chi connectivity index (χ2n) is 6.84. The van der Waals surface area contributed by atoms with Gasteiger partial charge >= 0.3 is 0 Å². The maximum absolute atomic E-state index is 4.89. The Balaban J connectivity index is 1.76.